The monoisotopic (exact) mass is 382 g/mol. The van der Waals surface area contributed by atoms with Gasteiger partial charge in [-0.1, -0.05) is 39.7 Å². The van der Waals surface area contributed by atoms with Gasteiger partial charge < -0.3 is 4.74 Å². The lowest BCUT2D eigenvalue weighted by molar-refractivity contribution is 0.234. The average Bonchev–Trinajstić information content (AvgIpc) is 2.92. The maximum absolute atomic E-state index is 12.1. The minimum atomic E-state index is -3.77. The molecular weight excluding hydrogens is 368 g/mol. The van der Waals surface area contributed by atoms with Crippen LogP contribution in [0.1, 0.15) is 22.8 Å². The van der Waals surface area contributed by atoms with Crippen molar-refractivity contribution in [2.45, 2.75) is 24.3 Å². The molecule has 3 rings (SSSR count). The summed E-state index contributed by atoms with van der Waals surface area (Å²) in [6.45, 7) is 1.92. The van der Waals surface area contributed by atoms with Crippen LogP contribution in [-0.4, -0.2) is 15.5 Å². The first-order valence-electron chi connectivity index (χ1n) is 6.77. The van der Waals surface area contributed by atoms with E-state index >= 15 is 0 Å². The largest absolute Gasteiger partial charge is 0.485 e. The fourth-order valence-electron chi connectivity index (χ4n) is 2.64. The number of rotatable bonds is 3. The fourth-order valence-corrected chi connectivity index (χ4v) is 4.04. The molecule has 0 aliphatic carbocycles. The first-order chi connectivity index (χ1) is 10.4. The standard InChI is InChI=1S/C16H15BrO4S/c1-10-6-7-16(22(18,19)20-2)12(8-10)15-9-11-13(17)4-3-5-14(11)21-15/h3-8,15H,9H2,1-2H3. The number of fused-ring (bicyclic) bond motifs is 1. The van der Waals surface area contributed by atoms with E-state index in [1.165, 1.54) is 7.11 Å². The highest BCUT2D eigenvalue weighted by Gasteiger charge is 2.31. The molecule has 0 N–H and O–H groups in total. The number of hydrogen-bond acceptors (Lipinski definition) is 4. The number of aryl methyl sites for hydroxylation is 1. The molecule has 0 bridgehead atoms. The zero-order valence-electron chi connectivity index (χ0n) is 12.2. The molecule has 1 heterocycles. The van der Waals surface area contributed by atoms with Gasteiger partial charge in [-0.05, 0) is 25.1 Å². The summed E-state index contributed by atoms with van der Waals surface area (Å²) >= 11 is 3.51. The SMILES string of the molecule is COS(=O)(=O)c1ccc(C)cc1C1Cc2c(Br)cccc2O1. The van der Waals surface area contributed by atoms with E-state index in [0.29, 0.717) is 12.0 Å². The molecule has 0 radical (unpaired) electrons. The van der Waals surface area contributed by atoms with Crippen LogP contribution in [0.3, 0.4) is 0 Å². The molecular formula is C16H15BrO4S. The van der Waals surface area contributed by atoms with Crippen LogP contribution in [0, 0.1) is 6.92 Å². The Morgan fingerprint density at radius 1 is 1.27 bits per heavy atom. The lowest BCUT2D eigenvalue weighted by atomic mass is 10.0. The van der Waals surface area contributed by atoms with Gasteiger partial charge in [0.1, 0.15) is 16.7 Å². The van der Waals surface area contributed by atoms with E-state index in [1.54, 1.807) is 12.1 Å². The predicted octanol–water partition coefficient (Wildman–Crippen LogP) is 3.77. The molecule has 0 amide bonds. The van der Waals surface area contributed by atoms with E-state index in [2.05, 4.69) is 20.1 Å². The Bertz CT molecular complexity index is 830. The summed E-state index contributed by atoms with van der Waals surface area (Å²) in [5, 5.41) is 0. The van der Waals surface area contributed by atoms with E-state index in [-0.39, 0.29) is 11.0 Å². The van der Waals surface area contributed by atoms with Crippen LogP contribution in [0.25, 0.3) is 0 Å². The van der Waals surface area contributed by atoms with Gasteiger partial charge in [-0.3, -0.25) is 4.18 Å². The number of halogens is 1. The molecule has 1 unspecified atom stereocenters. The summed E-state index contributed by atoms with van der Waals surface area (Å²) in [6, 6.07) is 10.9. The second-order valence-corrected chi connectivity index (χ2v) is 7.72. The van der Waals surface area contributed by atoms with Crippen molar-refractivity contribution in [3.63, 3.8) is 0 Å². The average molecular weight is 383 g/mol. The van der Waals surface area contributed by atoms with E-state index < -0.39 is 10.1 Å². The Morgan fingerprint density at radius 2 is 2.05 bits per heavy atom. The van der Waals surface area contributed by atoms with Crippen LogP contribution in [0.15, 0.2) is 45.8 Å². The number of hydrogen-bond donors (Lipinski definition) is 0. The third-order valence-electron chi connectivity index (χ3n) is 3.74. The third kappa shape index (κ3) is 2.66. The Balaban J connectivity index is 2.08. The van der Waals surface area contributed by atoms with E-state index in [1.807, 2.05) is 31.2 Å². The number of ether oxygens (including phenoxy) is 1. The first-order valence-corrected chi connectivity index (χ1v) is 8.97. The van der Waals surface area contributed by atoms with Gasteiger partial charge in [0, 0.05) is 22.0 Å². The summed E-state index contributed by atoms with van der Waals surface area (Å²) < 4.78 is 35.9. The summed E-state index contributed by atoms with van der Waals surface area (Å²) in [6.07, 6.45) is 0.278. The Morgan fingerprint density at radius 3 is 2.73 bits per heavy atom. The Hall–Kier alpha value is -1.37. The molecule has 4 nitrogen and oxygen atoms in total. The molecule has 22 heavy (non-hydrogen) atoms. The minimum absolute atomic E-state index is 0.162. The number of benzene rings is 2. The third-order valence-corrected chi connectivity index (χ3v) is 5.83. The zero-order chi connectivity index (χ0) is 15.9. The highest BCUT2D eigenvalue weighted by Crippen LogP contribution is 2.42. The van der Waals surface area contributed by atoms with Crippen molar-refractivity contribution >= 4 is 26.0 Å². The van der Waals surface area contributed by atoms with Gasteiger partial charge in [0.25, 0.3) is 10.1 Å². The van der Waals surface area contributed by atoms with Gasteiger partial charge in [-0.15, -0.1) is 0 Å². The van der Waals surface area contributed by atoms with E-state index in [4.69, 9.17) is 4.74 Å². The maximum atomic E-state index is 12.1. The van der Waals surface area contributed by atoms with E-state index in [0.717, 1.165) is 21.3 Å². The molecule has 0 aromatic heterocycles. The van der Waals surface area contributed by atoms with Crippen LogP contribution in [0.2, 0.25) is 0 Å². The maximum Gasteiger partial charge on any atom is 0.297 e. The summed E-state index contributed by atoms with van der Waals surface area (Å²) in [4.78, 5) is 0.162. The van der Waals surface area contributed by atoms with Gasteiger partial charge in [0.15, 0.2) is 0 Å². The van der Waals surface area contributed by atoms with Crippen molar-refractivity contribution in [1.82, 2.24) is 0 Å². The second kappa shape index (κ2) is 5.68. The molecule has 116 valence electrons. The van der Waals surface area contributed by atoms with Crippen molar-refractivity contribution in [3.05, 3.63) is 57.6 Å². The summed E-state index contributed by atoms with van der Waals surface area (Å²) in [7, 11) is -2.61. The first kappa shape index (κ1) is 15.5. The van der Waals surface area contributed by atoms with E-state index in [9.17, 15) is 8.42 Å². The predicted molar refractivity (Wildman–Crippen MR) is 86.6 cm³/mol. The second-order valence-electron chi connectivity index (χ2n) is 5.19. The molecule has 1 atom stereocenters. The quantitative estimate of drug-likeness (QED) is 0.758. The molecule has 2 aromatic rings. The lowest BCUT2D eigenvalue weighted by Gasteiger charge is -2.16. The molecule has 0 fully saturated rings. The van der Waals surface area contributed by atoms with Gasteiger partial charge in [-0.25, -0.2) is 0 Å². The van der Waals surface area contributed by atoms with Crippen LogP contribution in [0.5, 0.6) is 5.75 Å². The van der Waals surface area contributed by atoms with Crippen molar-refractivity contribution in [2.75, 3.05) is 7.11 Å². The Labute approximate surface area is 138 Å². The summed E-state index contributed by atoms with van der Waals surface area (Å²) in [5.41, 5.74) is 2.66. The van der Waals surface area contributed by atoms with Gasteiger partial charge >= 0.3 is 0 Å². The molecule has 6 heteroatoms. The van der Waals surface area contributed by atoms with Crippen LogP contribution < -0.4 is 4.74 Å². The van der Waals surface area contributed by atoms with Gasteiger partial charge in [0.05, 0.1) is 7.11 Å². The van der Waals surface area contributed by atoms with Crippen LogP contribution in [-0.2, 0) is 20.7 Å². The molecule has 0 saturated heterocycles. The van der Waals surface area contributed by atoms with Crippen molar-refractivity contribution in [2.24, 2.45) is 0 Å². The molecule has 1 aliphatic heterocycles. The summed E-state index contributed by atoms with van der Waals surface area (Å²) in [5.74, 6) is 0.779. The Kier molecular flexibility index (Phi) is 4.01. The molecule has 2 aromatic carbocycles. The molecule has 0 spiro atoms. The van der Waals surface area contributed by atoms with Crippen LogP contribution in [0.4, 0.5) is 0 Å². The minimum Gasteiger partial charge on any atom is -0.485 e. The van der Waals surface area contributed by atoms with Crippen molar-refractivity contribution in [1.29, 1.82) is 0 Å². The molecule has 1 aliphatic rings. The van der Waals surface area contributed by atoms with Crippen molar-refractivity contribution < 1.29 is 17.3 Å². The lowest BCUT2D eigenvalue weighted by Crippen LogP contribution is -2.12. The van der Waals surface area contributed by atoms with Gasteiger partial charge in [0.2, 0.25) is 0 Å². The van der Waals surface area contributed by atoms with Gasteiger partial charge in [-0.2, -0.15) is 8.42 Å². The zero-order valence-corrected chi connectivity index (χ0v) is 14.6. The van der Waals surface area contributed by atoms with Crippen molar-refractivity contribution in [3.8, 4) is 5.75 Å². The van der Waals surface area contributed by atoms with Crippen LogP contribution >= 0.6 is 15.9 Å². The normalized spacial score (nSPS) is 17.1. The molecule has 0 saturated carbocycles. The topological polar surface area (TPSA) is 52.6 Å². The smallest absolute Gasteiger partial charge is 0.297 e. The highest BCUT2D eigenvalue weighted by molar-refractivity contribution is 9.10. The fraction of sp³-hybridized carbons (Fsp3) is 0.250. The highest BCUT2D eigenvalue weighted by atomic mass is 79.9.